The summed E-state index contributed by atoms with van der Waals surface area (Å²) in [6.07, 6.45) is 2.86. The van der Waals surface area contributed by atoms with Crippen molar-refractivity contribution < 1.29 is 9.18 Å². The fourth-order valence-electron chi connectivity index (χ4n) is 4.42. The van der Waals surface area contributed by atoms with Gasteiger partial charge in [-0.2, -0.15) is 5.10 Å². The number of aromatic nitrogens is 2. The lowest BCUT2D eigenvalue weighted by atomic mass is 9.94. The molecule has 6 nitrogen and oxygen atoms in total. The first-order valence-electron chi connectivity index (χ1n) is 10.6. The van der Waals surface area contributed by atoms with Gasteiger partial charge < -0.3 is 16.0 Å². The van der Waals surface area contributed by atoms with Gasteiger partial charge in [0.15, 0.2) is 0 Å². The zero-order valence-corrected chi connectivity index (χ0v) is 19.2. The Labute approximate surface area is 192 Å². The van der Waals surface area contributed by atoms with Gasteiger partial charge >= 0.3 is 0 Å². The molecule has 0 aliphatic heterocycles. The number of carbonyl (C=O) groups is 1. The maximum Gasteiger partial charge on any atom is 0.261 e. The predicted molar refractivity (Wildman–Crippen MR) is 127 cm³/mol. The Kier molecular flexibility index (Phi) is 6.11. The number of hydrogen-bond acceptors (Lipinski definition) is 4. The molecule has 8 heteroatoms. The number of nitrogens with two attached hydrogens (primary N) is 1. The molecular formula is C24H27ClFN5O. The van der Waals surface area contributed by atoms with Crippen LogP contribution in [0.2, 0.25) is 5.02 Å². The molecule has 1 amide bonds. The van der Waals surface area contributed by atoms with Crippen LogP contribution < -0.4 is 16.0 Å². The summed E-state index contributed by atoms with van der Waals surface area (Å²) >= 11 is 5.84. The lowest BCUT2D eigenvalue weighted by Crippen LogP contribution is -2.16. The van der Waals surface area contributed by atoms with Gasteiger partial charge in [0, 0.05) is 38.4 Å². The van der Waals surface area contributed by atoms with E-state index in [4.69, 9.17) is 17.3 Å². The van der Waals surface area contributed by atoms with Gasteiger partial charge in [0.05, 0.1) is 10.7 Å². The van der Waals surface area contributed by atoms with Crippen LogP contribution in [-0.4, -0.2) is 29.8 Å². The number of nitrogens with one attached hydrogen (secondary N) is 1. The van der Waals surface area contributed by atoms with E-state index in [2.05, 4.69) is 39.6 Å². The lowest BCUT2D eigenvalue weighted by molar-refractivity contribution is 0.102. The second kappa shape index (κ2) is 8.82. The molecule has 1 heterocycles. The van der Waals surface area contributed by atoms with E-state index in [0.717, 1.165) is 19.3 Å². The first kappa shape index (κ1) is 22.1. The summed E-state index contributed by atoms with van der Waals surface area (Å²) in [6, 6.07) is 12.7. The Hall–Kier alpha value is -3.06. The molecular weight excluding hydrogens is 429 g/mol. The molecule has 0 radical (unpaired) electrons. The van der Waals surface area contributed by atoms with Gasteiger partial charge in [-0.25, -0.2) is 4.39 Å². The fourth-order valence-corrected chi connectivity index (χ4v) is 4.60. The molecule has 2 unspecified atom stereocenters. The predicted octanol–water partition coefficient (Wildman–Crippen LogP) is 5.16. The molecule has 3 aromatic rings. The highest BCUT2D eigenvalue weighted by molar-refractivity contribution is 6.31. The molecule has 0 bridgehead atoms. The third-order valence-corrected chi connectivity index (χ3v) is 6.51. The smallest absolute Gasteiger partial charge is 0.261 e. The molecule has 1 fully saturated rings. The van der Waals surface area contributed by atoms with Crippen LogP contribution in [0.4, 0.5) is 21.6 Å². The summed E-state index contributed by atoms with van der Waals surface area (Å²) < 4.78 is 15.0. The van der Waals surface area contributed by atoms with Crippen molar-refractivity contribution in [2.24, 2.45) is 7.05 Å². The van der Waals surface area contributed by atoms with Crippen LogP contribution >= 0.6 is 11.6 Å². The number of nitrogens with zero attached hydrogens (tertiary/aromatic N) is 3. The molecule has 168 valence electrons. The SMILES string of the molecule is CN(C)c1ccc(C2CCC(c3nn(C)c(N)c3C(=O)Nc3ccc(F)c(Cl)c3)C2)cc1. The minimum Gasteiger partial charge on any atom is -0.383 e. The van der Waals surface area contributed by atoms with Crippen molar-refractivity contribution in [1.29, 1.82) is 0 Å². The Morgan fingerprint density at radius 3 is 2.53 bits per heavy atom. The van der Waals surface area contributed by atoms with E-state index in [1.807, 2.05) is 14.1 Å². The van der Waals surface area contributed by atoms with Crippen molar-refractivity contribution in [2.45, 2.75) is 31.1 Å². The van der Waals surface area contributed by atoms with Gasteiger partial charge in [-0.15, -0.1) is 0 Å². The normalized spacial score (nSPS) is 18.0. The van der Waals surface area contributed by atoms with Crippen molar-refractivity contribution in [3.05, 3.63) is 70.1 Å². The van der Waals surface area contributed by atoms with Crippen LogP contribution in [0.1, 0.15) is 52.7 Å². The maximum absolute atomic E-state index is 13.5. The second-order valence-electron chi connectivity index (χ2n) is 8.54. The molecule has 1 saturated carbocycles. The number of hydrogen-bond donors (Lipinski definition) is 2. The number of benzene rings is 2. The number of rotatable bonds is 5. The Bertz CT molecular complexity index is 1140. The molecule has 2 atom stereocenters. The highest BCUT2D eigenvalue weighted by atomic mass is 35.5. The van der Waals surface area contributed by atoms with E-state index >= 15 is 0 Å². The van der Waals surface area contributed by atoms with Gasteiger partial charge in [-0.3, -0.25) is 9.48 Å². The van der Waals surface area contributed by atoms with Gasteiger partial charge in [0.2, 0.25) is 0 Å². The average molecular weight is 456 g/mol. The van der Waals surface area contributed by atoms with Crippen LogP contribution in [0.25, 0.3) is 0 Å². The number of amides is 1. The summed E-state index contributed by atoms with van der Waals surface area (Å²) in [5, 5.41) is 7.31. The Morgan fingerprint density at radius 2 is 1.88 bits per heavy atom. The molecule has 1 aliphatic rings. The highest BCUT2D eigenvalue weighted by Crippen LogP contribution is 2.45. The van der Waals surface area contributed by atoms with E-state index in [9.17, 15) is 9.18 Å². The minimum absolute atomic E-state index is 0.0545. The third-order valence-electron chi connectivity index (χ3n) is 6.22. The van der Waals surface area contributed by atoms with Gasteiger partial charge in [0.25, 0.3) is 5.91 Å². The van der Waals surface area contributed by atoms with E-state index in [1.165, 1.54) is 29.4 Å². The van der Waals surface area contributed by atoms with Gasteiger partial charge in [-0.05, 0) is 61.1 Å². The molecule has 32 heavy (non-hydrogen) atoms. The first-order chi connectivity index (χ1) is 15.2. The van der Waals surface area contributed by atoms with Gasteiger partial charge in [0.1, 0.15) is 17.2 Å². The number of aryl methyl sites for hydroxylation is 1. The lowest BCUT2D eigenvalue weighted by Gasteiger charge is -2.15. The highest BCUT2D eigenvalue weighted by Gasteiger charge is 2.33. The van der Waals surface area contributed by atoms with Gasteiger partial charge in [-0.1, -0.05) is 23.7 Å². The van der Waals surface area contributed by atoms with Crippen molar-refractivity contribution in [1.82, 2.24) is 9.78 Å². The zero-order valence-electron chi connectivity index (χ0n) is 18.4. The molecule has 3 N–H and O–H groups in total. The number of nitrogen functional groups attached to an aromatic ring is 1. The summed E-state index contributed by atoms with van der Waals surface area (Å²) in [5.41, 5.74) is 10.2. The van der Waals surface area contributed by atoms with E-state index in [-0.39, 0.29) is 16.8 Å². The molecule has 0 spiro atoms. The van der Waals surface area contributed by atoms with Crippen LogP contribution in [0.3, 0.4) is 0 Å². The maximum atomic E-state index is 13.5. The molecule has 1 aromatic heterocycles. The number of carbonyl (C=O) groups excluding carboxylic acids is 1. The number of anilines is 3. The third kappa shape index (κ3) is 4.30. The summed E-state index contributed by atoms with van der Waals surface area (Å²) in [6.45, 7) is 0. The molecule has 4 rings (SSSR count). The van der Waals surface area contributed by atoms with E-state index in [1.54, 1.807) is 11.7 Å². The molecule has 1 aliphatic carbocycles. The topological polar surface area (TPSA) is 76.2 Å². The Morgan fingerprint density at radius 1 is 1.19 bits per heavy atom. The first-order valence-corrected chi connectivity index (χ1v) is 11.0. The van der Waals surface area contributed by atoms with E-state index < -0.39 is 5.82 Å². The number of halogens is 2. The summed E-state index contributed by atoms with van der Waals surface area (Å²) in [4.78, 5) is 15.2. The Balaban J connectivity index is 1.55. The quantitative estimate of drug-likeness (QED) is 0.556. The second-order valence-corrected chi connectivity index (χ2v) is 8.95. The van der Waals surface area contributed by atoms with Crippen LogP contribution in [-0.2, 0) is 7.05 Å². The average Bonchev–Trinajstić information content (AvgIpc) is 3.36. The van der Waals surface area contributed by atoms with Crippen molar-refractivity contribution in [2.75, 3.05) is 30.0 Å². The van der Waals surface area contributed by atoms with Crippen molar-refractivity contribution in [3.63, 3.8) is 0 Å². The summed E-state index contributed by atoms with van der Waals surface area (Å²) in [5.74, 6) is -0.0562. The van der Waals surface area contributed by atoms with Crippen molar-refractivity contribution >= 4 is 34.7 Å². The largest absolute Gasteiger partial charge is 0.383 e. The molecule has 0 saturated heterocycles. The minimum atomic E-state index is -0.540. The molecule has 2 aromatic carbocycles. The fraction of sp³-hybridized carbons (Fsp3) is 0.333. The summed E-state index contributed by atoms with van der Waals surface area (Å²) in [7, 11) is 5.79. The van der Waals surface area contributed by atoms with Crippen LogP contribution in [0, 0.1) is 5.82 Å². The zero-order chi connectivity index (χ0) is 23.0. The monoisotopic (exact) mass is 455 g/mol. The van der Waals surface area contributed by atoms with Crippen LogP contribution in [0.15, 0.2) is 42.5 Å². The van der Waals surface area contributed by atoms with Crippen LogP contribution in [0.5, 0.6) is 0 Å². The van der Waals surface area contributed by atoms with Crippen molar-refractivity contribution in [3.8, 4) is 0 Å². The van der Waals surface area contributed by atoms with E-state index in [0.29, 0.717) is 28.7 Å². The standard InChI is InChI=1S/C24H27ClFN5O/c1-30(2)18-9-6-14(7-10-18)15-4-5-16(12-15)22-21(23(27)31(3)29-22)24(32)28-17-8-11-20(26)19(25)13-17/h6-11,13,15-16H,4-5,12,27H2,1-3H3,(H,28,32).